The molecule has 0 radical (unpaired) electrons. The molecule has 2 heteroatoms. The van der Waals surface area contributed by atoms with Crippen molar-refractivity contribution >= 4 is 6.08 Å². The summed E-state index contributed by atoms with van der Waals surface area (Å²) in [5.41, 5.74) is 0.898. The molecule has 5 rings (SSSR count). The Morgan fingerprint density at radius 2 is 1.66 bits per heavy atom. The summed E-state index contributed by atoms with van der Waals surface area (Å²) in [5.74, 6) is 2.88. The van der Waals surface area contributed by atoms with Crippen molar-refractivity contribution in [3.8, 4) is 0 Å². The molecule has 4 fully saturated rings. The van der Waals surface area contributed by atoms with Crippen LogP contribution >= 0.6 is 0 Å². The largest absolute Gasteiger partial charge is 0.393 e. The molecule has 0 heterocycles. The highest BCUT2D eigenvalue weighted by Crippen LogP contribution is 2.68. The highest BCUT2D eigenvalue weighted by atomic mass is 16.3. The Morgan fingerprint density at radius 3 is 2.45 bits per heavy atom. The van der Waals surface area contributed by atoms with Crippen LogP contribution in [-0.2, 0) is 0 Å². The van der Waals surface area contributed by atoms with Gasteiger partial charge in [0, 0.05) is 5.41 Å². The first kappa shape index (κ1) is 19.8. The molecule has 0 aliphatic heterocycles. The van der Waals surface area contributed by atoms with E-state index >= 15 is 0 Å². The van der Waals surface area contributed by atoms with E-state index in [4.69, 9.17) is 0 Å². The third-order valence-corrected chi connectivity index (χ3v) is 10.2. The van der Waals surface area contributed by atoms with Crippen LogP contribution in [0.15, 0.2) is 36.4 Å². The summed E-state index contributed by atoms with van der Waals surface area (Å²) in [5, 5.41) is 22.0. The second-order valence-electron chi connectivity index (χ2n) is 11.2. The van der Waals surface area contributed by atoms with Crippen molar-refractivity contribution in [3.05, 3.63) is 42.0 Å². The first-order valence-corrected chi connectivity index (χ1v) is 12.0. The Labute approximate surface area is 176 Å². The molecule has 4 saturated carbocycles. The van der Waals surface area contributed by atoms with Crippen LogP contribution in [0.5, 0.6) is 0 Å². The van der Waals surface area contributed by atoms with E-state index in [9.17, 15) is 10.2 Å². The van der Waals surface area contributed by atoms with Gasteiger partial charge in [-0.25, -0.2) is 0 Å². The molecule has 7 unspecified atom stereocenters. The Morgan fingerprint density at radius 1 is 0.897 bits per heavy atom. The summed E-state index contributed by atoms with van der Waals surface area (Å²) < 4.78 is 0. The zero-order valence-corrected chi connectivity index (χ0v) is 18.2. The van der Waals surface area contributed by atoms with E-state index in [1.54, 1.807) is 0 Å². The summed E-state index contributed by atoms with van der Waals surface area (Å²) in [6.45, 7) is 4.93. The maximum atomic E-state index is 11.8. The average Bonchev–Trinajstić information content (AvgIpc) is 2.99. The molecule has 0 bridgehead atoms. The number of aliphatic hydroxyl groups is 2. The second kappa shape index (κ2) is 6.95. The van der Waals surface area contributed by atoms with Crippen LogP contribution in [0.25, 0.3) is 6.08 Å². The fourth-order valence-electron chi connectivity index (χ4n) is 8.36. The maximum absolute atomic E-state index is 11.8. The predicted octanol–water partition coefficient (Wildman–Crippen LogP) is 5.83. The minimum Gasteiger partial charge on any atom is -0.393 e. The van der Waals surface area contributed by atoms with Crippen molar-refractivity contribution < 1.29 is 10.2 Å². The molecule has 0 spiro atoms. The van der Waals surface area contributed by atoms with Crippen molar-refractivity contribution in [2.45, 2.75) is 83.3 Å². The van der Waals surface area contributed by atoms with Crippen LogP contribution < -0.4 is 0 Å². The lowest BCUT2D eigenvalue weighted by atomic mass is 9.44. The van der Waals surface area contributed by atoms with Crippen molar-refractivity contribution in [1.82, 2.24) is 0 Å². The number of aliphatic hydroxyl groups excluding tert-OH is 1. The topological polar surface area (TPSA) is 40.5 Å². The van der Waals surface area contributed by atoms with E-state index in [1.165, 1.54) is 31.2 Å². The zero-order chi connectivity index (χ0) is 20.3. The lowest BCUT2D eigenvalue weighted by molar-refractivity contribution is -0.146. The van der Waals surface area contributed by atoms with E-state index < -0.39 is 5.60 Å². The predicted molar refractivity (Wildman–Crippen MR) is 118 cm³/mol. The highest BCUT2D eigenvalue weighted by Gasteiger charge is 2.63. The van der Waals surface area contributed by atoms with Gasteiger partial charge in [-0.15, -0.1) is 0 Å². The van der Waals surface area contributed by atoms with Crippen LogP contribution in [0.1, 0.15) is 77.2 Å². The molecule has 4 aliphatic rings. The molecule has 0 aromatic heterocycles. The first-order valence-electron chi connectivity index (χ1n) is 12.0. The van der Waals surface area contributed by atoms with Gasteiger partial charge in [-0.3, -0.25) is 0 Å². The summed E-state index contributed by atoms with van der Waals surface area (Å²) >= 11 is 0. The van der Waals surface area contributed by atoms with Gasteiger partial charge in [0.15, 0.2) is 0 Å². The Balaban J connectivity index is 1.40. The Kier molecular flexibility index (Phi) is 4.75. The van der Waals surface area contributed by atoms with Gasteiger partial charge < -0.3 is 10.2 Å². The third kappa shape index (κ3) is 2.97. The second-order valence-corrected chi connectivity index (χ2v) is 11.2. The minimum atomic E-state index is -0.682. The highest BCUT2D eigenvalue weighted by molar-refractivity contribution is 5.51. The molecule has 0 saturated heterocycles. The summed E-state index contributed by atoms with van der Waals surface area (Å²) in [6.07, 6.45) is 14.4. The van der Waals surface area contributed by atoms with Gasteiger partial charge in [0.2, 0.25) is 0 Å². The number of hydrogen-bond donors (Lipinski definition) is 2. The van der Waals surface area contributed by atoms with Gasteiger partial charge >= 0.3 is 0 Å². The van der Waals surface area contributed by atoms with E-state index in [-0.39, 0.29) is 11.5 Å². The van der Waals surface area contributed by atoms with Gasteiger partial charge in [0.05, 0.1) is 11.7 Å². The van der Waals surface area contributed by atoms with Crippen molar-refractivity contribution in [2.75, 3.05) is 0 Å². The molecule has 8 atom stereocenters. The number of fused-ring (bicyclic) bond motifs is 5. The zero-order valence-electron chi connectivity index (χ0n) is 18.2. The molecular weight excluding hydrogens is 356 g/mol. The minimum absolute atomic E-state index is 0.00315. The molecule has 1 aromatic carbocycles. The number of benzene rings is 1. The normalized spacial score (nSPS) is 49.4. The quantitative estimate of drug-likeness (QED) is 0.662. The van der Waals surface area contributed by atoms with Crippen LogP contribution in [0, 0.1) is 34.5 Å². The van der Waals surface area contributed by atoms with Gasteiger partial charge in [0.25, 0.3) is 0 Å². The first-order chi connectivity index (χ1) is 13.9. The maximum Gasteiger partial charge on any atom is 0.0887 e. The molecule has 2 N–H and O–H groups in total. The summed E-state index contributed by atoms with van der Waals surface area (Å²) in [6, 6.07) is 10.4. The average molecular weight is 395 g/mol. The molecule has 4 aliphatic carbocycles. The lowest BCUT2D eigenvalue weighted by Gasteiger charge is -2.61. The fraction of sp³-hybridized carbons (Fsp3) is 0.704. The van der Waals surface area contributed by atoms with Crippen LogP contribution in [0.3, 0.4) is 0 Å². The summed E-state index contributed by atoms with van der Waals surface area (Å²) in [4.78, 5) is 0. The van der Waals surface area contributed by atoms with Crippen molar-refractivity contribution in [2.24, 2.45) is 34.5 Å². The van der Waals surface area contributed by atoms with Gasteiger partial charge in [-0.2, -0.15) is 0 Å². The number of hydrogen-bond acceptors (Lipinski definition) is 2. The molecule has 29 heavy (non-hydrogen) atoms. The fourth-order valence-corrected chi connectivity index (χ4v) is 8.36. The van der Waals surface area contributed by atoms with E-state index in [2.05, 4.69) is 50.3 Å². The molecule has 1 aromatic rings. The van der Waals surface area contributed by atoms with Crippen molar-refractivity contribution in [3.63, 3.8) is 0 Å². The molecule has 2 nitrogen and oxygen atoms in total. The van der Waals surface area contributed by atoms with E-state index in [1.807, 2.05) is 6.07 Å². The van der Waals surface area contributed by atoms with E-state index in [0.29, 0.717) is 17.3 Å². The van der Waals surface area contributed by atoms with Gasteiger partial charge in [-0.1, -0.05) is 56.3 Å². The summed E-state index contributed by atoms with van der Waals surface area (Å²) in [7, 11) is 0. The molecule has 0 amide bonds. The van der Waals surface area contributed by atoms with Gasteiger partial charge in [-0.05, 0) is 92.4 Å². The van der Waals surface area contributed by atoms with Crippen LogP contribution in [0.2, 0.25) is 0 Å². The molecule has 158 valence electrons. The van der Waals surface area contributed by atoms with E-state index in [0.717, 1.165) is 43.9 Å². The smallest absolute Gasteiger partial charge is 0.0887 e. The molecular formula is C27H38O2. The standard InChI is InChI=1S/C27H38O2/c1-25-14-11-21(28)18-20(25)8-9-22-23(25)12-15-26(2)24(22)13-17-27(26,29)16-10-19-6-4-3-5-7-19/h3-7,10,16,20-24,28-29H,8-9,11-15,17-18H2,1-2H3/t20?,21?,22?,23?,24?,25?,26?,27-/m0/s1. The third-order valence-electron chi connectivity index (χ3n) is 10.2. The SMILES string of the molecule is CC12CCC(O)CC1CCC1C2CCC2(C)C1CC[C@@]2(O)C=Cc1ccccc1. The number of rotatable bonds is 2. The van der Waals surface area contributed by atoms with Crippen LogP contribution in [-0.4, -0.2) is 21.9 Å². The van der Waals surface area contributed by atoms with Gasteiger partial charge in [0.1, 0.15) is 0 Å². The Hall–Kier alpha value is -1.12. The van der Waals surface area contributed by atoms with Crippen LogP contribution in [0.4, 0.5) is 0 Å². The monoisotopic (exact) mass is 394 g/mol. The Bertz CT molecular complexity index is 772. The lowest BCUT2D eigenvalue weighted by Crippen LogP contribution is -2.56. The van der Waals surface area contributed by atoms with Crippen molar-refractivity contribution in [1.29, 1.82) is 0 Å².